The molecule has 2 atom stereocenters. The number of hydrogen-bond acceptors (Lipinski definition) is 5. The molecule has 10 heteroatoms. The lowest BCUT2D eigenvalue weighted by Crippen LogP contribution is -2.41. The molecule has 0 aliphatic heterocycles. The number of carbonyl (C=O) groups excluding carboxylic acids is 2. The van der Waals surface area contributed by atoms with Gasteiger partial charge in [-0.25, -0.2) is 0 Å². The average molecular weight is 537 g/mol. The summed E-state index contributed by atoms with van der Waals surface area (Å²) in [5.41, 5.74) is 0.582. The summed E-state index contributed by atoms with van der Waals surface area (Å²) in [4.78, 5) is 43.9. The van der Waals surface area contributed by atoms with Crippen LogP contribution in [0.3, 0.4) is 0 Å². The third kappa shape index (κ3) is 6.09. The molecule has 2 aromatic heterocycles. The predicted octanol–water partition coefficient (Wildman–Crippen LogP) is 5.72. The number of aliphatic carboxylic acids is 1. The van der Waals surface area contributed by atoms with E-state index in [0.717, 1.165) is 0 Å². The molecule has 0 radical (unpaired) electrons. The second-order valence-electron chi connectivity index (χ2n) is 11.5. The Morgan fingerprint density at radius 3 is 2.28 bits per heavy atom. The molecular weight excluding hydrogens is 503 g/mol. The largest absolute Gasteiger partial charge is 0.481 e. The van der Waals surface area contributed by atoms with Crippen LogP contribution < -0.4 is 0 Å². The Morgan fingerprint density at radius 1 is 1.14 bits per heavy atom. The molecule has 1 N–H and O–H groups in total. The zero-order valence-electron chi connectivity index (χ0n) is 21.6. The van der Waals surface area contributed by atoms with E-state index in [4.69, 9.17) is 23.2 Å². The highest BCUT2D eigenvalue weighted by Gasteiger charge is 2.42. The van der Waals surface area contributed by atoms with Gasteiger partial charge in [0.25, 0.3) is 5.91 Å². The molecule has 0 saturated heterocycles. The minimum absolute atomic E-state index is 0.00993. The van der Waals surface area contributed by atoms with Gasteiger partial charge < -0.3 is 10.0 Å². The molecule has 1 amide bonds. The second kappa shape index (κ2) is 10.5. The molecule has 1 aliphatic carbocycles. The van der Waals surface area contributed by atoms with Crippen LogP contribution in [0.15, 0.2) is 18.6 Å². The number of carboxylic acids is 1. The first kappa shape index (κ1) is 28.1. The number of carboxylic acid groups (broad SMARTS) is 1. The van der Waals surface area contributed by atoms with Gasteiger partial charge in [-0.15, -0.1) is 0 Å². The second-order valence-corrected chi connectivity index (χ2v) is 12.3. The molecule has 2 heterocycles. The number of pyridine rings is 1. The van der Waals surface area contributed by atoms with Crippen LogP contribution in [0.1, 0.15) is 86.3 Å². The molecule has 8 nitrogen and oxygen atoms in total. The van der Waals surface area contributed by atoms with E-state index >= 15 is 0 Å². The van der Waals surface area contributed by atoms with Crippen molar-refractivity contribution < 1.29 is 19.5 Å². The van der Waals surface area contributed by atoms with Crippen molar-refractivity contribution in [3.8, 4) is 0 Å². The summed E-state index contributed by atoms with van der Waals surface area (Å²) in [5.74, 6) is -1.86. The molecule has 2 aromatic rings. The summed E-state index contributed by atoms with van der Waals surface area (Å²) in [7, 11) is 0. The molecular formula is C26H34Cl2N4O4. The molecule has 1 fully saturated rings. The van der Waals surface area contributed by atoms with Gasteiger partial charge >= 0.3 is 5.97 Å². The monoisotopic (exact) mass is 536 g/mol. The number of amides is 1. The third-order valence-corrected chi connectivity index (χ3v) is 7.40. The third-order valence-electron chi connectivity index (χ3n) is 6.83. The fraction of sp³-hybridized carbons (Fsp3) is 0.577. The molecule has 36 heavy (non-hydrogen) atoms. The lowest BCUT2D eigenvalue weighted by Gasteiger charge is -2.40. The Hall–Kier alpha value is -2.45. The van der Waals surface area contributed by atoms with E-state index in [1.807, 2.05) is 46.2 Å². The zero-order chi connectivity index (χ0) is 27.0. The number of ketones is 1. The lowest BCUT2D eigenvalue weighted by molar-refractivity contribution is -0.148. The Morgan fingerprint density at radius 2 is 1.75 bits per heavy atom. The summed E-state index contributed by atoms with van der Waals surface area (Å²) >= 11 is 12.4. The molecule has 1 saturated carbocycles. The number of Topliss-reactive ketones (excluding diaryl/α,β-unsaturated/α-hetero) is 1. The van der Waals surface area contributed by atoms with Gasteiger partial charge in [-0.3, -0.25) is 24.0 Å². The Kier molecular flexibility index (Phi) is 8.20. The first-order valence-electron chi connectivity index (χ1n) is 12.0. The molecule has 1 aliphatic rings. The first-order chi connectivity index (χ1) is 16.6. The number of aromatic nitrogens is 3. The Labute approximate surface area is 222 Å². The van der Waals surface area contributed by atoms with Gasteiger partial charge in [0.05, 0.1) is 45.9 Å². The molecule has 0 aromatic carbocycles. The summed E-state index contributed by atoms with van der Waals surface area (Å²) in [6.07, 6.45) is 6.11. The predicted molar refractivity (Wildman–Crippen MR) is 139 cm³/mol. The van der Waals surface area contributed by atoms with Crippen LogP contribution in [0.5, 0.6) is 0 Å². The lowest BCUT2D eigenvalue weighted by atomic mass is 9.67. The van der Waals surface area contributed by atoms with Gasteiger partial charge in [0.15, 0.2) is 5.78 Å². The number of hydrogen-bond donors (Lipinski definition) is 1. The maximum absolute atomic E-state index is 13.7. The minimum Gasteiger partial charge on any atom is -0.481 e. The average Bonchev–Trinajstić information content (AvgIpc) is 3.11. The van der Waals surface area contributed by atoms with Gasteiger partial charge in [0, 0.05) is 24.6 Å². The first-order valence-corrected chi connectivity index (χ1v) is 12.8. The zero-order valence-corrected chi connectivity index (χ0v) is 23.2. The van der Waals surface area contributed by atoms with Crippen molar-refractivity contribution in [3.05, 3.63) is 45.5 Å². The number of halogens is 2. The van der Waals surface area contributed by atoms with E-state index in [1.165, 1.54) is 17.3 Å². The maximum atomic E-state index is 13.7. The highest BCUT2D eigenvalue weighted by Crippen LogP contribution is 2.45. The molecule has 0 unspecified atom stereocenters. The summed E-state index contributed by atoms with van der Waals surface area (Å²) in [6.45, 7) is 11.9. The van der Waals surface area contributed by atoms with E-state index in [-0.39, 0.29) is 45.3 Å². The van der Waals surface area contributed by atoms with Crippen LogP contribution in [-0.2, 0) is 4.79 Å². The molecule has 0 spiro atoms. The quantitative estimate of drug-likeness (QED) is 0.453. The van der Waals surface area contributed by atoms with Gasteiger partial charge in [-0.05, 0) is 37.0 Å². The van der Waals surface area contributed by atoms with Crippen LogP contribution >= 0.6 is 23.2 Å². The van der Waals surface area contributed by atoms with E-state index in [9.17, 15) is 19.5 Å². The standard InChI is InChI=1S/C26H34Cl2N4O4/c1-15-17(10-30-32(15)16-7-8-18(24(35)36)26(5,6)9-16)23(34)31(14-25(2,3)4)13-21(33)22-19(27)11-29-12-20(22)28/h10-12,16,18H,7-9,13-14H2,1-6H3,(H,35,36)/t16-,18+/m0/s1. The summed E-state index contributed by atoms with van der Waals surface area (Å²) < 4.78 is 1.83. The smallest absolute Gasteiger partial charge is 0.307 e. The minimum atomic E-state index is -0.775. The Balaban J connectivity index is 1.88. The number of carbonyl (C=O) groups is 3. The fourth-order valence-electron chi connectivity index (χ4n) is 5.14. The van der Waals surface area contributed by atoms with Gasteiger partial charge in [0.2, 0.25) is 0 Å². The van der Waals surface area contributed by atoms with Crippen molar-refractivity contribution in [3.63, 3.8) is 0 Å². The van der Waals surface area contributed by atoms with Crippen molar-refractivity contribution in [2.45, 2.75) is 66.8 Å². The van der Waals surface area contributed by atoms with Crippen molar-refractivity contribution in [1.29, 1.82) is 0 Å². The van der Waals surface area contributed by atoms with E-state index in [2.05, 4.69) is 10.1 Å². The van der Waals surface area contributed by atoms with Crippen LogP contribution in [-0.4, -0.2) is 55.5 Å². The highest BCUT2D eigenvalue weighted by atomic mass is 35.5. The highest BCUT2D eigenvalue weighted by molar-refractivity contribution is 6.39. The van der Waals surface area contributed by atoms with Crippen molar-refractivity contribution in [2.24, 2.45) is 16.7 Å². The number of rotatable bonds is 7. The van der Waals surface area contributed by atoms with Crippen molar-refractivity contribution in [2.75, 3.05) is 13.1 Å². The van der Waals surface area contributed by atoms with E-state index in [1.54, 1.807) is 6.20 Å². The van der Waals surface area contributed by atoms with Crippen LogP contribution in [0, 0.1) is 23.7 Å². The van der Waals surface area contributed by atoms with Crippen molar-refractivity contribution >= 4 is 40.9 Å². The number of nitrogens with zero attached hydrogens (tertiary/aromatic N) is 4. The van der Waals surface area contributed by atoms with Crippen LogP contribution in [0.25, 0.3) is 0 Å². The van der Waals surface area contributed by atoms with E-state index < -0.39 is 17.3 Å². The summed E-state index contributed by atoms with van der Waals surface area (Å²) in [5, 5.41) is 14.4. The normalized spacial score (nSPS) is 19.7. The Bertz CT molecular complexity index is 1150. The van der Waals surface area contributed by atoms with Crippen LogP contribution in [0.2, 0.25) is 10.0 Å². The van der Waals surface area contributed by atoms with Crippen molar-refractivity contribution in [1.82, 2.24) is 19.7 Å². The van der Waals surface area contributed by atoms with Gasteiger partial charge in [0.1, 0.15) is 0 Å². The topological polar surface area (TPSA) is 105 Å². The molecule has 3 rings (SSSR count). The summed E-state index contributed by atoms with van der Waals surface area (Å²) in [6, 6.07) is -0.00993. The molecule has 196 valence electrons. The SMILES string of the molecule is Cc1c(C(=O)N(CC(=O)c2c(Cl)cncc2Cl)CC(C)(C)C)cnn1[C@H]1CC[C@H](C(=O)O)C(C)(C)C1. The maximum Gasteiger partial charge on any atom is 0.307 e. The fourth-order valence-corrected chi connectivity index (χ4v) is 5.72. The van der Waals surface area contributed by atoms with Crippen LogP contribution in [0.4, 0.5) is 0 Å². The van der Waals surface area contributed by atoms with Gasteiger partial charge in [-0.2, -0.15) is 5.10 Å². The van der Waals surface area contributed by atoms with Gasteiger partial charge in [-0.1, -0.05) is 57.8 Å². The van der Waals surface area contributed by atoms with E-state index in [0.29, 0.717) is 37.1 Å². The molecule has 0 bridgehead atoms.